The van der Waals surface area contributed by atoms with E-state index in [0.29, 0.717) is 12.0 Å². The number of benzene rings is 1. The normalized spacial score (nSPS) is 35.2. The van der Waals surface area contributed by atoms with Gasteiger partial charge in [-0.15, -0.1) is 0 Å². The Morgan fingerprint density at radius 3 is 2.57 bits per heavy atom. The molecule has 3 N–H and O–H groups in total. The van der Waals surface area contributed by atoms with Gasteiger partial charge < -0.3 is 10.8 Å². The summed E-state index contributed by atoms with van der Waals surface area (Å²) >= 11 is 0. The molecule has 3 rings (SSSR count). The maximum Gasteiger partial charge on any atom is 0.0756 e. The zero-order valence-corrected chi connectivity index (χ0v) is 13.5. The van der Waals surface area contributed by atoms with Crippen molar-refractivity contribution in [3.63, 3.8) is 0 Å². The fourth-order valence-corrected chi connectivity index (χ4v) is 4.71. The van der Waals surface area contributed by atoms with E-state index < -0.39 is 5.60 Å². The van der Waals surface area contributed by atoms with Crippen LogP contribution in [0.5, 0.6) is 0 Å². The summed E-state index contributed by atoms with van der Waals surface area (Å²) < 4.78 is 0. The Morgan fingerprint density at radius 1 is 1.05 bits per heavy atom. The van der Waals surface area contributed by atoms with Crippen molar-refractivity contribution in [1.29, 1.82) is 0 Å². The monoisotopic (exact) mass is 287 g/mol. The molecule has 2 heteroatoms. The summed E-state index contributed by atoms with van der Waals surface area (Å²) in [4.78, 5) is 0. The van der Waals surface area contributed by atoms with Crippen molar-refractivity contribution < 1.29 is 5.11 Å². The topological polar surface area (TPSA) is 46.2 Å². The second-order valence-electron chi connectivity index (χ2n) is 7.99. The van der Waals surface area contributed by atoms with Gasteiger partial charge in [-0.05, 0) is 55.1 Å². The lowest BCUT2D eigenvalue weighted by molar-refractivity contribution is -0.0516. The van der Waals surface area contributed by atoms with Gasteiger partial charge in [0.2, 0.25) is 0 Å². The second kappa shape index (κ2) is 5.10. The minimum atomic E-state index is -0.637. The highest BCUT2D eigenvalue weighted by Gasteiger charge is 2.53. The Bertz CT molecular complexity index is 524. The van der Waals surface area contributed by atoms with Gasteiger partial charge in [-0.1, -0.05) is 44.5 Å². The quantitative estimate of drug-likeness (QED) is 0.817. The zero-order chi connectivity index (χ0) is 15.1. The van der Waals surface area contributed by atoms with Gasteiger partial charge in [-0.2, -0.15) is 0 Å². The summed E-state index contributed by atoms with van der Waals surface area (Å²) in [6.45, 7) is 5.22. The van der Waals surface area contributed by atoms with Crippen molar-refractivity contribution in [3.8, 4) is 0 Å². The minimum Gasteiger partial charge on any atom is -0.389 e. The number of aliphatic hydroxyl groups is 1. The molecule has 1 saturated carbocycles. The van der Waals surface area contributed by atoms with E-state index in [0.717, 1.165) is 38.5 Å². The van der Waals surface area contributed by atoms with Crippen LogP contribution in [0.15, 0.2) is 24.3 Å². The Hall–Kier alpha value is -0.860. The molecular weight excluding hydrogens is 258 g/mol. The Balaban J connectivity index is 2.00. The van der Waals surface area contributed by atoms with Crippen molar-refractivity contribution in [2.75, 3.05) is 6.54 Å². The Labute approximate surface area is 128 Å². The maximum atomic E-state index is 11.6. The fraction of sp³-hybridized carbons (Fsp3) is 0.684. The first-order chi connectivity index (χ1) is 9.93. The zero-order valence-electron chi connectivity index (χ0n) is 13.5. The number of fused-ring (bicyclic) bond motifs is 1. The van der Waals surface area contributed by atoms with E-state index in [1.165, 1.54) is 17.5 Å². The van der Waals surface area contributed by atoms with E-state index in [-0.39, 0.29) is 5.41 Å². The van der Waals surface area contributed by atoms with Crippen LogP contribution in [-0.4, -0.2) is 17.3 Å². The van der Waals surface area contributed by atoms with Gasteiger partial charge in [-0.3, -0.25) is 0 Å². The van der Waals surface area contributed by atoms with E-state index in [1.807, 2.05) is 0 Å². The van der Waals surface area contributed by atoms with Crippen molar-refractivity contribution in [2.24, 2.45) is 11.1 Å². The number of nitrogens with two attached hydrogens (primary N) is 1. The predicted octanol–water partition coefficient (Wildman–Crippen LogP) is 3.55. The Morgan fingerprint density at radius 2 is 1.81 bits per heavy atom. The third kappa shape index (κ3) is 2.33. The lowest BCUT2D eigenvalue weighted by Crippen LogP contribution is -2.54. The van der Waals surface area contributed by atoms with E-state index in [9.17, 15) is 5.11 Å². The van der Waals surface area contributed by atoms with E-state index in [4.69, 9.17) is 5.73 Å². The van der Waals surface area contributed by atoms with Crippen LogP contribution in [0, 0.1) is 5.41 Å². The molecule has 0 amide bonds. The minimum absolute atomic E-state index is 0.232. The number of hydrogen-bond donors (Lipinski definition) is 2. The van der Waals surface area contributed by atoms with Crippen molar-refractivity contribution in [1.82, 2.24) is 0 Å². The van der Waals surface area contributed by atoms with Gasteiger partial charge in [0.1, 0.15) is 0 Å². The molecule has 1 aromatic rings. The first-order valence-corrected chi connectivity index (χ1v) is 8.43. The molecule has 2 nitrogen and oxygen atoms in total. The molecule has 2 aliphatic carbocycles. The smallest absolute Gasteiger partial charge is 0.0756 e. The van der Waals surface area contributed by atoms with Crippen molar-refractivity contribution in [3.05, 3.63) is 35.4 Å². The fourth-order valence-electron chi connectivity index (χ4n) is 4.71. The summed E-state index contributed by atoms with van der Waals surface area (Å²) in [5, 5.41) is 11.6. The van der Waals surface area contributed by atoms with Crippen LogP contribution in [-0.2, 0) is 11.8 Å². The number of aryl methyl sites for hydroxylation is 1. The summed E-state index contributed by atoms with van der Waals surface area (Å²) in [6.07, 6.45) is 7.23. The van der Waals surface area contributed by atoms with Crippen molar-refractivity contribution in [2.45, 2.75) is 69.8 Å². The van der Waals surface area contributed by atoms with Gasteiger partial charge in [0.15, 0.2) is 0 Å². The molecule has 1 fully saturated rings. The van der Waals surface area contributed by atoms with Crippen molar-refractivity contribution >= 4 is 0 Å². The second-order valence-corrected chi connectivity index (χ2v) is 7.99. The van der Waals surface area contributed by atoms with Crippen LogP contribution in [0.3, 0.4) is 0 Å². The summed E-state index contributed by atoms with van der Waals surface area (Å²) in [5.41, 5.74) is 8.44. The van der Waals surface area contributed by atoms with Crippen LogP contribution in [0.25, 0.3) is 0 Å². The van der Waals surface area contributed by atoms with Gasteiger partial charge in [0.05, 0.1) is 5.60 Å². The summed E-state index contributed by atoms with van der Waals surface area (Å²) in [5.74, 6) is 0. The lowest BCUT2D eigenvalue weighted by Gasteiger charge is -2.45. The van der Waals surface area contributed by atoms with Gasteiger partial charge in [-0.25, -0.2) is 0 Å². The molecule has 0 aliphatic heterocycles. The third-order valence-electron chi connectivity index (χ3n) is 6.25. The van der Waals surface area contributed by atoms with Gasteiger partial charge in [0, 0.05) is 12.0 Å². The molecular formula is C19H29NO. The third-order valence-corrected chi connectivity index (χ3v) is 6.25. The molecule has 0 spiro atoms. The maximum absolute atomic E-state index is 11.6. The van der Waals surface area contributed by atoms with Crippen LogP contribution in [0.1, 0.15) is 63.5 Å². The number of rotatable bonds is 2. The molecule has 116 valence electrons. The molecule has 2 unspecified atom stereocenters. The van der Waals surface area contributed by atoms with Crippen LogP contribution in [0.2, 0.25) is 0 Å². The Kier molecular flexibility index (Phi) is 3.66. The van der Waals surface area contributed by atoms with E-state index in [1.54, 1.807) is 0 Å². The first-order valence-electron chi connectivity index (χ1n) is 8.43. The molecule has 0 saturated heterocycles. The molecule has 0 aromatic heterocycles. The molecule has 21 heavy (non-hydrogen) atoms. The van der Waals surface area contributed by atoms with E-state index >= 15 is 0 Å². The largest absolute Gasteiger partial charge is 0.389 e. The highest BCUT2D eigenvalue weighted by atomic mass is 16.3. The average Bonchev–Trinajstić information content (AvgIpc) is 2.79. The van der Waals surface area contributed by atoms with Crippen LogP contribution < -0.4 is 5.73 Å². The molecule has 0 radical (unpaired) electrons. The van der Waals surface area contributed by atoms with Gasteiger partial charge >= 0.3 is 0 Å². The summed E-state index contributed by atoms with van der Waals surface area (Å²) in [6, 6.07) is 8.60. The van der Waals surface area contributed by atoms with Gasteiger partial charge in [0.25, 0.3) is 0 Å². The highest BCUT2D eigenvalue weighted by molar-refractivity contribution is 5.43. The first kappa shape index (κ1) is 15.1. The standard InChI is InChI=1S/C19H29NO/c1-17(2)9-5-10-19(21,13-12-17)18(14-20)11-8-15-6-3-4-7-16(15)18/h3-4,6-7,21H,5,8-14,20H2,1-2H3. The van der Waals surface area contributed by atoms with Crippen LogP contribution in [0.4, 0.5) is 0 Å². The molecule has 0 heterocycles. The summed E-state index contributed by atoms with van der Waals surface area (Å²) in [7, 11) is 0. The molecule has 2 atom stereocenters. The molecule has 0 bridgehead atoms. The molecule has 2 aliphatic rings. The predicted molar refractivity (Wildman–Crippen MR) is 87.3 cm³/mol. The highest BCUT2D eigenvalue weighted by Crippen LogP contribution is 2.52. The average molecular weight is 287 g/mol. The molecule has 1 aromatic carbocycles. The number of hydrogen-bond acceptors (Lipinski definition) is 2. The SMILES string of the molecule is CC1(C)CCCC(O)(C2(CN)CCc3ccccc32)CC1. The van der Waals surface area contributed by atoms with E-state index in [2.05, 4.69) is 38.1 Å². The van der Waals surface area contributed by atoms with Crippen LogP contribution >= 0.6 is 0 Å². The lowest BCUT2D eigenvalue weighted by atomic mass is 9.64.